The fourth-order valence-electron chi connectivity index (χ4n) is 9.95. The molecule has 0 fully saturated rings. The Kier molecular flexibility index (Phi) is 6.29. The molecule has 0 radical (unpaired) electrons. The summed E-state index contributed by atoms with van der Waals surface area (Å²) in [5, 5.41) is 4.46. The average molecular weight is 700 g/mol. The third-order valence-electron chi connectivity index (χ3n) is 12.0. The number of rotatable bonds is 4. The number of benzene rings is 9. The molecule has 2 nitrogen and oxygen atoms in total. The number of para-hydroxylation sites is 2. The second-order valence-electron chi connectivity index (χ2n) is 14.7. The number of hydrogen-bond donors (Lipinski definition) is 0. The Morgan fingerprint density at radius 1 is 0.382 bits per heavy atom. The van der Waals surface area contributed by atoms with Crippen molar-refractivity contribution in [2.24, 2.45) is 0 Å². The summed E-state index contributed by atoms with van der Waals surface area (Å²) in [5.74, 6) is 0. The van der Waals surface area contributed by atoms with Gasteiger partial charge in [0.05, 0.1) is 11.1 Å². The molecule has 256 valence electrons. The van der Waals surface area contributed by atoms with E-state index in [4.69, 9.17) is 4.42 Å². The second-order valence-corrected chi connectivity index (χ2v) is 14.7. The lowest BCUT2D eigenvalue weighted by Crippen LogP contribution is -2.26. The zero-order chi connectivity index (χ0) is 36.1. The lowest BCUT2D eigenvalue weighted by molar-refractivity contribution is 0.673. The van der Waals surface area contributed by atoms with Gasteiger partial charge in [0.1, 0.15) is 11.2 Å². The molecule has 0 saturated heterocycles. The zero-order valence-electron chi connectivity index (χ0n) is 29.9. The number of furan rings is 1. The fourth-order valence-corrected chi connectivity index (χ4v) is 9.95. The number of anilines is 3. The third kappa shape index (κ3) is 4.03. The van der Waals surface area contributed by atoms with E-state index in [0.29, 0.717) is 0 Å². The van der Waals surface area contributed by atoms with Crippen LogP contribution in [0.1, 0.15) is 22.3 Å². The minimum atomic E-state index is -0.452. The van der Waals surface area contributed by atoms with Gasteiger partial charge in [-0.1, -0.05) is 170 Å². The monoisotopic (exact) mass is 699 g/mol. The van der Waals surface area contributed by atoms with Crippen molar-refractivity contribution >= 4 is 49.8 Å². The lowest BCUT2D eigenvalue weighted by atomic mass is 9.70. The number of hydrogen-bond acceptors (Lipinski definition) is 2. The summed E-state index contributed by atoms with van der Waals surface area (Å²) in [4.78, 5) is 2.50. The van der Waals surface area contributed by atoms with E-state index in [-0.39, 0.29) is 0 Å². The van der Waals surface area contributed by atoms with Gasteiger partial charge in [0.25, 0.3) is 0 Å². The highest BCUT2D eigenvalue weighted by Crippen LogP contribution is 2.63. The van der Waals surface area contributed by atoms with E-state index in [1.54, 1.807) is 0 Å². The maximum Gasteiger partial charge on any atom is 0.144 e. The van der Waals surface area contributed by atoms with Gasteiger partial charge in [0.15, 0.2) is 0 Å². The zero-order valence-corrected chi connectivity index (χ0v) is 29.9. The average Bonchev–Trinajstić information content (AvgIpc) is 3.89. The molecule has 0 unspecified atom stereocenters. The SMILES string of the molecule is c1ccc(-c2c(N(c3ccccc3)c3ccc4c(c3)C3(c5ccccc5-c5ccccc53)c3ccccc3-4)c3ccccc3c3oc4ccccc4c23)cc1. The van der Waals surface area contributed by atoms with Crippen molar-refractivity contribution in [3.63, 3.8) is 0 Å². The first kappa shape index (κ1) is 30.3. The van der Waals surface area contributed by atoms with Crippen LogP contribution in [0.5, 0.6) is 0 Å². The van der Waals surface area contributed by atoms with E-state index in [9.17, 15) is 0 Å². The van der Waals surface area contributed by atoms with Crippen molar-refractivity contribution in [3.8, 4) is 33.4 Å². The van der Waals surface area contributed by atoms with E-state index in [1.165, 1.54) is 44.5 Å². The van der Waals surface area contributed by atoms with Crippen molar-refractivity contribution in [2.45, 2.75) is 5.41 Å². The van der Waals surface area contributed by atoms with Crippen molar-refractivity contribution in [2.75, 3.05) is 4.90 Å². The molecule has 0 atom stereocenters. The molecule has 1 aromatic heterocycles. The van der Waals surface area contributed by atoms with E-state index in [2.05, 4.69) is 205 Å². The van der Waals surface area contributed by atoms with Gasteiger partial charge in [-0.3, -0.25) is 0 Å². The van der Waals surface area contributed by atoms with Gasteiger partial charge < -0.3 is 9.32 Å². The van der Waals surface area contributed by atoms with Crippen LogP contribution in [0.4, 0.5) is 17.1 Å². The molecule has 10 aromatic rings. The van der Waals surface area contributed by atoms with Gasteiger partial charge in [0.2, 0.25) is 0 Å². The van der Waals surface area contributed by atoms with E-state index in [1.807, 2.05) is 0 Å². The van der Waals surface area contributed by atoms with E-state index in [0.717, 1.165) is 60.9 Å². The van der Waals surface area contributed by atoms with Gasteiger partial charge in [0, 0.05) is 38.5 Å². The van der Waals surface area contributed by atoms with Gasteiger partial charge in [-0.2, -0.15) is 0 Å². The van der Waals surface area contributed by atoms with Crippen LogP contribution in [0.25, 0.3) is 66.1 Å². The molecule has 2 heteroatoms. The molecule has 0 amide bonds. The maximum absolute atomic E-state index is 6.78. The van der Waals surface area contributed by atoms with Crippen LogP contribution in [-0.4, -0.2) is 0 Å². The Morgan fingerprint density at radius 2 is 0.891 bits per heavy atom. The number of fused-ring (bicyclic) bond motifs is 15. The maximum atomic E-state index is 6.78. The van der Waals surface area contributed by atoms with Crippen LogP contribution in [0.2, 0.25) is 0 Å². The topological polar surface area (TPSA) is 16.4 Å². The highest BCUT2D eigenvalue weighted by molar-refractivity contribution is 6.27. The Morgan fingerprint density at radius 3 is 1.55 bits per heavy atom. The van der Waals surface area contributed by atoms with Gasteiger partial charge in [-0.25, -0.2) is 0 Å². The molecule has 2 aliphatic rings. The predicted octanol–water partition coefficient (Wildman–Crippen LogP) is 14.2. The molecule has 0 N–H and O–H groups in total. The molecule has 12 rings (SSSR count). The standard InChI is InChI=1S/C53H33NO/c1-3-17-34(18-4-1)49-50-43-26-12-16-30-48(43)55-52(50)42-25-8-7-24-41(42)51(49)54(35-19-5-2-6-20-35)36-31-32-40-39-23-11-15-29-46(39)53(47(40)33-36)44-27-13-9-21-37(44)38-22-10-14-28-45(38)53/h1-33H. The minimum Gasteiger partial charge on any atom is -0.455 e. The Hall–Kier alpha value is -7.16. The van der Waals surface area contributed by atoms with Crippen molar-refractivity contribution in [1.29, 1.82) is 0 Å². The quantitative estimate of drug-likeness (QED) is 0.182. The molecule has 1 spiro atoms. The smallest absolute Gasteiger partial charge is 0.144 e. The van der Waals surface area contributed by atoms with Crippen LogP contribution in [0.15, 0.2) is 205 Å². The number of nitrogens with zero attached hydrogens (tertiary/aromatic N) is 1. The van der Waals surface area contributed by atoms with Crippen LogP contribution < -0.4 is 4.90 Å². The summed E-state index contributed by atoms with van der Waals surface area (Å²) in [5.41, 5.74) is 17.5. The van der Waals surface area contributed by atoms with Gasteiger partial charge >= 0.3 is 0 Å². The highest BCUT2D eigenvalue weighted by Gasteiger charge is 2.51. The lowest BCUT2D eigenvalue weighted by Gasteiger charge is -2.33. The summed E-state index contributed by atoms with van der Waals surface area (Å²) in [6.07, 6.45) is 0. The Bertz CT molecular complexity index is 3090. The summed E-state index contributed by atoms with van der Waals surface area (Å²) in [6, 6.07) is 73.2. The predicted molar refractivity (Wildman–Crippen MR) is 228 cm³/mol. The normalized spacial score (nSPS) is 13.2. The van der Waals surface area contributed by atoms with E-state index < -0.39 is 5.41 Å². The summed E-state index contributed by atoms with van der Waals surface area (Å²) >= 11 is 0. The molecule has 2 aliphatic carbocycles. The Labute approximate surface area is 319 Å². The third-order valence-corrected chi connectivity index (χ3v) is 12.0. The molecular formula is C53H33NO. The molecule has 0 aliphatic heterocycles. The summed E-state index contributed by atoms with van der Waals surface area (Å²) < 4.78 is 6.78. The second kappa shape index (κ2) is 11.4. The first-order valence-electron chi connectivity index (χ1n) is 19.0. The highest BCUT2D eigenvalue weighted by atomic mass is 16.3. The summed E-state index contributed by atoms with van der Waals surface area (Å²) in [6.45, 7) is 0. The Balaban J connectivity index is 1.23. The van der Waals surface area contributed by atoms with Crippen LogP contribution in [0, 0.1) is 0 Å². The fraction of sp³-hybridized carbons (Fsp3) is 0.0189. The van der Waals surface area contributed by atoms with Gasteiger partial charge in [-0.15, -0.1) is 0 Å². The van der Waals surface area contributed by atoms with Gasteiger partial charge in [-0.05, 0) is 80.4 Å². The molecule has 9 aromatic carbocycles. The molecule has 0 bridgehead atoms. The van der Waals surface area contributed by atoms with Crippen LogP contribution in [0.3, 0.4) is 0 Å². The molecule has 1 heterocycles. The molecular weight excluding hydrogens is 667 g/mol. The van der Waals surface area contributed by atoms with E-state index >= 15 is 0 Å². The van der Waals surface area contributed by atoms with Crippen LogP contribution >= 0.6 is 0 Å². The van der Waals surface area contributed by atoms with Crippen molar-refractivity contribution < 1.29 is 4.42 Å². The summed E-state index contributed by atoms with van der Waals surface area (Å²) in [7, 11) is 0. The molecule has 55 heavy (non-hydrogen) atoms. The molecule has 0 saturated carbocycles. The van der Waals surface area contributed by atoms with Crippen molar-refractivity contribution in [1.82, 2.24) is 0 Å². The largest absolute Gasteiger partial charge is 0.455 e. The minimum absolute atomic E-state index is 0.452. The first-order valence-corrected chi connectivity index (χ1v) is 19.0. The first-order chi connectivity index (χ1) is 27.3. The van der Waals surface area contributed by atoms with Crippen molar-refractivity contribution in [3.05, 3.63) is 222 Å². The van der Waals surface area contributed by atoms with Crippen LogP contribution in [-0.2, 0) is 5.41 Å².